The van der Waals surface area contributed by atoms with Gasteiger partial charge in [-0.15, -0.1) is 11.3 Å². The maximum Gasteiger partial charge on any atom is 0.244 e. The van der Waals surface area contributed by atoms with Crippen LogP contribution in [0.5, 0.6) is 0 Å². The Morgan fingerprint density at radius 1 is 1.47 bits per heavy atom. The van der Waals surface area contributed by atoms with Gasteiger partial charge in [0.2, 0.25) is 5.91 Å². The summed E-state index contributed by atoms with van der Waals surface area (Å²) in [5.74, 6) is 1.41. The second-order valence-corrected chi connectivity index (χ2v) is 4.61. The molecule has 0 fully saturated rings. The molecule has 3 nitrogen and oxygen atoms in total. The highest BCUT2D eigenvalue weighted by molar-refractivity contribution is 7.09. The number of furan rings is 1. The van der Waals surface area contributed by atoms with Gasteiger partial charge in [-0.25, -0.2) is 0 Å². The van der Waals surface area contributed by atoms with Crippen LogP contribution in [0.2, 0.25) is 0 Å². The Hall–Kier alpha value is -1.81. The van der Waals surface area contributed by atoms with Crippen LogP contribution in [0.3, 0.4) is 0 Å². The molecule has 2 heterocycles. The minimum Gasteiger partial charge on any atom is -0.462 e. The van der Waals surface area contributed by atoms with Crippen LogP contribution in [0.15, 0.2) is 40.1 Å². The number of hydrogen-bond donors (Lipinski definition) is 1. The zero-order valence-electron chi connectivity index (χ0n) is 9.47. The van der Waals surface area contributed by atoms with Crippen LogP contribution in [-0.4, -0.2) is 5.91 Å². The van der Waals surface area contributed by atoms with Gasteiger partial charge in [-0.3, -0.25) is 4.79 Å². The third-order valence-electron chi connectivity index (χ3n) is 2.18. The van der Waals surface area contributed by atoms with Gasteiger partial charge in [0, 0.05) is 11.0 Å². The molecule has 88 valence electrons. The highest BCUT2D eigenvalue weighted by Crippen LogP contribution is 2.08. The van der Waals surface area contributed by atoms with E-state index < -0.39 is 0 Å². The van der Waals surface area contributed by atoms with Crippen LogP contribution in [-0.2, 0) is 11.3 Å². The first kappa shape index (κ1) is 11.7. The molecule has 1 N–H and O–H groups in total. The van der Waals surface area contributed by atoms with E-state index in [4.69, 9.17) is 4.42 Å². The Morgan fingerprint density at radius 2 is 2.35 bits per heavy atom. The summed E-state index contributed by atoms with van der Waals surface area (Å²) in [5, 5.41) is 4.79. The van der Waals surface area contributed by atoms with Crippen LogP contribution >= 0.6 is 11.3 Å². The summed E-state index contributed by atoms with van der Waals surface area (Å²) in [5.41, 5.74) is 0. The number of rotatable bonds is 4. The van der Waals surface area contributed by atoms with Gasteiger partial charge in [-0.2, -0.15) is 0 Å². The predicted octanol–water partition coefficient (Wildman–Crippen LogP) is 2.98. The van der Waals surface area contributed by atoms with E-state index in [2.05, 4.69) is 5.32 Å². The molecule has 0 aromatic carbocycles. The number of amides is 1. The van der Waals surface area contributed by atoms with Gasteiger partial charge in [-0.05, 0) is 36.6 Å². The molecular weight excluding hydrogens is 234 g/mol. The number of aryl methyl sites for hydroxylation is 1. The zero-order chi connectivity index (χ0) is 12.1. The summed E-state index contributed by atoms with van der Waals surface area (Å²) in [4.78, 5) is 12.6. The van der Waals surface area contributed by atoms with Crippen molar-refractivity contribution in [1.82, 2.24) is 5.32 Å². The smallest absolute Gasteiger partial charge is 0.244 e. The lowest BCUT2D eigenvalue weighted by Crippen LogP contribution is -2.19. The van der Waals surface area contributed by atoms with E-state index in [1.54, 1.807) is 17.4 Å². The summed E-state index contributed by atoms with van der Waals surface area (Å²) in [6.45, 7) is 2.44. The van der Waals surface area contributed by atoms with Crippen molar-refractivity contribution in [2.24, 2.45) is 0 Å². The molecule has 2 aromatic rings. The Balaban J connectivity index is 1.83. The first-order chi connectivity index (χ1) is 8.24. The average molecular weight is 247 g/mol. The molecule has 0 atom stereocenters. The average Bonchev–Trinajstić information content (AvgIpc) is 2.95. The fourth-order valence-electron chi connectivity index (χ4n) is 1.35. The zero-order valence-corrected chi connectivity index (χ0v) is 10.3. The van der Waals surface area contributed by atoms with Gasteiger partial charge in [0.05, 0.1) is 6.54 Å². The number of carbonyl (C=O) groups excluding carboxylic acids is 1. The molecule has 0 saturated carbocycles. The lowest BCUT2D eigenvalue weighted by molar-refractivity contribution is -0.116. The Morgan fingerprint density at radius 3 is 3.00 bits per heavy atom. The van der Waals surface area contributed by atoms with Crippen molar-refractivity contribution in [3.8, 4) is 0 Å². The molecule has 0 unspecified atom stereocenters. The maximum atomic E-state index is 11.5. The lowest BCUT2D eigenvalue weighted by Gasteiger charge is -1.98. The van der Waals surface area contributed by atoms with Crippen molar-refractivity contribution in [2.45, 2.75) is 13.5 Å². The summed E-state index contributed by atoms with van der Waals surface area (Å²) in [6, 6.07) is 7.65. The first-order valence-corrected chi connectivity index (χ1v) is 6.17. The van der Waals surface area contributed by atoms with Gasteiger partial charge in [-0.1, -0.05) is 6.07 Å². The molecule has 0 aliphatic carbocycles. The number of nitrogens with one attached hydrogen (secondary N) is 1. The molecule has 0 spiro atoms. The molecule has 17 heavy (non-hydrogen) atoms. The summed E-state index contributed by atoms with van der Waals surface area (Å²) in [6.07, 6.45) is 3.14. The molecule has 0 aliphatic rings. The largest absolute Gasteiger partial charge is 0.462 e. The van der Waals surface area contributed by atoms with Gasteiger partial charge in [0.15, 0.2) is 0 Å². The van der Waals surface area contributed by atoms with Crippen LogP contribution in [0.4, 0.5) is 0 Å². The molecule has 2 rings (SSSR count). The van der Waals surface area contributed by atoms with Crippen LogP contribution in [0.25, 0.3) is 6.08 Å². The van der Waals surface area contributed by atoms with Crippen LogP contribution in [0, 0.1) is 6.92 Å². The topological polar surface area (TPSA) is 42.2 Å². The Kier molecular flexibility index (Phi) is 3.77. The van der Waals surface area contributed by atoms with Gasteiger partial charge in [0.25, 0.3) is 0 Å². The summed E-state index contributed by atoms with van der Waals surface area (Å²) >= 11 is 1.63. The van der Waals surface area contributed by atoms with E-state index in [9.17, 15) is 4.79 Å². The molecule has 0 saturated heterocycles. The van der Waals surface area contributed by atoms with E-state index in [0.29, 0.717) is 12.3 Å². The van der Waals surface area contributed by atoms with Crippen molar-refractivity contribution in [3.63, 3.8) is 0 Å². The Bertz CT molecular complexity index is 511. The second-order valence-electron chi connectivity index (χ2n) is 3.58. The molecule has 0 bridgehead atoms. The quantitative estimate of drug-likeness (QED) is 0.844. The SMILES string of the molecule is Cc1ccc(/C=C/C(=O)NCc2cccs2)o1. The molecular formula is C13H13NO2S. The fraction of sp³-hybridized carbons (Fsp3) is 0.154. The van der Waals surface area contributed by atoms with E-state index in [1.165, 1.54) is 6.08 Å². The normalized spacial score (nSPS) is 10.9. The first-order valence-electron chi connectivity index (χ1n) is 5.29. The van der Waals surface area contributed by atoms with Crippen molar-refractivity contribution in [3.05, 3.63) is 52.1 Å². The highest BCUT2D eigenvalue weighted by Gasteiger charge is 1.98. The van der Waals surface area contributed by atoms with Gasteiger partial charge < -0.3 is 9.73 Å². The van der Waals surface area contributed by atoms with Crippen LogP contribution < -0.4 is 5.32 Å². The van der Waals surface area contributed by atoms with E-state index >= 15 is 0 Å². The fourth-order valence-corrected chi connectivity index (χ4v) is 1.99. The van der Waals surface area contributed by atoms with Crippen molar-refractivity contribution < 1.29 is 9.21 Å². The number of hydrogen-bond acceptors (Lipinski definition) is 3. The van der Waals surface area contributed by atoms with E-state index in [-0.39, 0.29) is 5.91 Å². The van der Waals surface area contributed by atoms with E-state index in [1.807, 2.05) is 36.6 Å². The predicted molar refractivity (Wildman–Crippen MR) is 68.6 cm³/mol. The summed E-state index contributed by atoms with van der Waals surface area (Å²) in [7, 11) is 0. The molecule has 1 amide bonds. The monoisotopic (exact) mass is 247 g/mol. The molecule has 2 aromatic heterocycles. The minimum absolute atomic E-state index is 0.118. The maximum absolute atomic E-state index is 11.5. The van der Waals surface area contributed by atoms with Gasteiger partial charge in [0.1, 0.15) is 11.5 Å². The highest BCUT2D eigenvalue weighted by atomic mass is 32.1. The molecule has 0 radical (unpaired) electrons. The van der Waals surface area contributed by atoms with Gasteiger partial charge >= 0.3 is 0 Å². The third-order valence-corrected chi connectivity index (χ3v) is 3.05. The van der Waals surface area contributed by atoms with Crippen molar-refractivity contribution in [1.29, 1.82) is 0 Å². The minimum atomic E-state index is -0.118. The number of carbonyl (C=O) groups is 1. The number of thiophene rings is 1. The Labute approximate surface area is 104 Å². The summed E-state index contributed by atoms with van der Waals surface area (Å²) < 4.78 is 5.32. The van der Waals surface area contributed by atoms with Crippen LogP contribution in [0.1, 0.15) is 16.4 Å². The second kappa shape index (κ2) is 5.50. The third kappa shape index (κ3) is 3.60. The van der Waals surface area contributed by atoms with Crippen molar-refractivity contribution >= 4 is 23.3 Å². The molecule has 0 aliphatic heterocycles. The van der Waals surface area contributed by atoms with Crippen molar-refractivity contribution in [2.75, 3.05) is 0 Å². The standard InChI is InChI=1S/C13H13NO2S/c1-10-4-5-11(16-10)6-7-13(15)14-9-12-3-2-8-17-12/h2-8H,9H2,1H3,(H,14,15)/b7-6+. The van der Waals surface area contributed by atoms with E-state index in [0.717, 1.165) is 10.6 Å². The molecule has 4 heteroatoms. The lowest BCUT2D eigenvalue weighted by atomic mass is 10.3.